The summed E-state index contributed by atoms with van der Waals surface area (Å²) in [6, 6.07) is 6.60. The van der Waals surface area contributed by atoms with Gasteiger partial charge in [-0.2, -0.15) is 0 Å². The predicted molar refractivity (Wildman–Crippen MR) is 97.7 cm³/mol. The van der Waals surface area contributed by atoms with Gasteiger partial charge in [0, 0.05) is 31.8 Å². The summed E-state index contributed by atoms with van der Waals surface area (Å²) >= 11 is 0. The van der Waals surface area contributed by atoms with Gasteiger partial charge in [-0.05, 0) is 69.3 Å². The molecule has 0 aromatic heterocycles. The van der Waals surface area contributed by atoms with E-state index in [9.17, 15) is 0 Å². The molecule has 2 aliphatic rings. The van der Waals surface area contributed by atoms with Gasteiger partial charge in [-0.25, -0.2) is 0 Å². The Labute approximate surface area is 146 Å². The minimum atomic E-state index is 0.609. The normalized spacial score (nSPS) is 26.8. The van der Waals surface area contributed by atoms with Crippen molar-refractivity contribution in [2.45, 2.75) is 64.2 Å². The van der Waals surface area contributed by atoms with Crippen LogP contribution in [0.25, 0.3) is 0 Å². The fourth-order valence-electron chi connectivity index (χ4n) is 4.38. The molecule has 1 aromatic carbocycles. The minimum absolute atomic E-state index is 0.609. The topological polar surface area (TPSA) is 33.7 Å². The van der Waals surface area contributed by atoms with Crippen LogP contribution in [-0.4, -0.2) is 50.4 Å². The van der Waals surface area contributed by atoms with Crippen LogP contribution in [0.15, 0.2) is 12.1 Å². The van der Waals surface area contributed by atoms with E-state index < -0.39 is 0 Å². The molecule has 2 heterocycles. The highest BCUT2D eigenvalue weighted by Crippen LogP contribution is 2.37. The van der Waals surface area contributed by atoms with E-state index in [1.54, 1.807) is 7.11 Å². The number of nitrogens with one attached hydrogen (secondary N) is 1. The third-order valence-corrected chi connectivity index (χ3v) is 6.04. The van der Waals surface area contributed by atoms with E-state index >= 15 is 0 Å². The summed E-state index contributed by atoms with van der Waals surface area (Å²) in [6.07, 6.45) is 5.31. The zero-order chi connectivity index (χ0) is 17.1. The van der Waals surface area contributed by atoms with Crippen LogP contribution in [0.4, 0.5) is 0 Å². The molecule has 0 aliphatic carbocycles. The van der Waals surface area contributed by atoms with Crippen molar-refractivity contribution in [1.82, 2.24) is 10.2 Å². The van der Waals surface area contributed by atoms with Crippen molar-refractivity contribution < 1.29 is 9.47 Å². The van der Waals surface area contributed by atoms with Crippen LogP contribution in [0.1, 0.15) is 42.4 Å². The number of nitrogens with zero attached hydrogens (tertiary/aromatic N) is 1. The first-order valence-electron chi connectivity index (χ1n) is 9.27. The second-order valence-corrected chi connectivity index (χ2v) is 7.33. The van der Waals surface area contributed by atoms with Crippen LogP contribution < -0.4 is 10.1 Å². The molecular formula is C20H32N2O2. The zero-order valence-electron chi connectivity index (χ0n) is 15.6. The Morgan fingerprint density at radius 3 is 2.42 bits per heavy atom. The zero-order valence-corrected chi connectivity index (χ0v) is 15.6. The summed E-state index contributed by atoms with van der Waals surface area (Å²) in [7, 11) is 3.81. The van der Waals surface area contributed by atoms with E-state index in [0.717, 1.165) is 24.4 Å². The van der Waals surface area contributed by atoms with Crippen LogP contribution in [0.2, 0.25) is 0 Å². The van der Waals surface area contributed by atoms with Gasteiger partial charge in [0.2, 0.25) is 0 Å². The Kier molecular flexibility index (Phi) is 5.80. The highest BCUT2D eigenvalue weighted by atomic mass is 16.5. The lowest BCUT2D eigenvalue weighted by Crippen LogP contribution is -2.47. The average Bonchev–Trinajstić information content (AvgIpc) is 2.82. The maximum atomic E-state index is 5.84. The smallest absolute Gasteiger partial charge is 0.122 e. The number of piperidine rings is 1. The molecule has 2 atom stereocenters. The largest absolute Gasteiger partial charge is 0.491 e. The lowest BCUT2D eigenvalue weighted by Gasteiger charge is -2.39. The van der Waals surface area contributed by atoms with Crippen LogP contribution in [0.5, 0.6) is 5.75 Å². The molecule has 2 saturated heterocycles. The van der Waals surface area contributed by atoms with Crippen molar-refractivity contribution in [2.24, 2.45) is 0 Å². The van der Waals surface area contributed by atoms with E-state index in [-0.39, 0.29) is 0 Å². The first-order valence-corrected chi connectivity index (χ1v) is 9.27. The second-order valence-electron chi connectivity index (χ2n) is 7.33. The molecule has 4 heteroatoms. The quantitative estimate of drug-likeness (QED) is 0.778. The Morgan fingerprint density at radius 2 is 1.79 bits per heavy atom. The molecule has 1 aromatic rings. The molecule has 4 nitrogen and oxygen atoms in total. The van der Waals surface area contributed by atoms with E-state index in [1.807, 2.05) is 0 Å². The van der Waals surface area contributed by atoms with Crippen LogP contribution >= 0.6 is 0 Å². The standard InChI is InChI=1S/C20H32N2O2/c1-14-15(2)20(24-10-9-23-4)8-5-16(14)13-22-18-6-7-19(22)12-17(11-18)21-3/h5,8,17-19,21H,6-7,9-13H2,1-4H3. The van der Waals surface area contributed by atoms with Crippen molar-refractivity contribution in [3.8, 4) is 5.75 Å². The van der Waals surface area contributed by atoms with Crippen molar-refractivity contribution in [3.05, 3.63) is 28.8 Å². The maximum Gasteiger partial charge on any atom is 0.122 e. The minimum Gasteiger partial charge on any atom is -0.491 e. The van der Waals surface area contributed by atoms with Gasteiger partial charge in [-0.1, -0.05) is 6.07 Å². The van der Waals surface area contributed by atoms with Crippen molar-refractivity contribution >= 4 is 0 Å². The number of rotatable bonds is 7. The Hall–Kier alpha value is -1.10. The van der Waals surface area contributed by atoms with Crippen LogP contribution in [-0.2, 0) is 11.3 Å². The molecule has 134 valence electrons. The Balaban J connectivity index is 1.69. The SMILES string of the molecule is CNC1CC2CCC(C1)N2Cc1ccc(OCCOC)c(C)c1C. The second kappa shape index (κ2) is 7.85. The molecule has 0 saturated carbocycles. The predicted octanol–water partition coefficient (Wildman–Crippen LogP) is 3.04. The molecule has 0 spiro atoms. The monoisotopic (exact) mass is 332 g/mol. The highest BCUT2D eigenvalue weighted by Gasteiger charge is 2.40. The number of hydrogen-bond donors (Lipinski definition) is 1. The van der Waals surface area contributed by atoms with E-state index in [1.165, 1.54) is 42.4 Å². The number of methoxy groups -OCH3 is 1. The molecule has 2 fully saturated rings. The van der Waals surface area contributed by atoms with Gasteiger partial charge in [0.05, 0.1) is 6.61 Å². The Morgan fingerprint density at radius 1 is 1.08 bits per heavy atom. The van der Waals surface area contributed by atoms with Gasteiger partial charge in [-0.3, -0.25) is 4.90 Å². The lowest BCUT2D eigenvalue weighted by atomic mass is 9.95. The van der Waals surface area contributed by atoms with Crippen molar-refractivity contribution in [1.29, 1.82) is 0 Å². The number of hydrogen-bond acceptors (Lipinski definition) is 4. The fourth-order valence-corrected chi connectivity index (χ4v) is 4.38. The van der Waals surface area contributed by atoms with Crippen LogP contribution in [0.3, 0.4) is 0 Å². The van der Waals surface area contributed by atoms with Gasteiger partial charge in [0.25, 0.3) is 0 Å². The van der Waals surface area contributed by atoms with E-state index in [4.69, 9.17) is 9.47 Å². The Bertz CT molecular complexity index is 547. The first kappa shape index (κ1) is 17.7. The maximum absolute atomic E-state index is 5.84. The molecule has 0 amide bonds. The van der Waals surface area contributed by atoms with E-state index in [0.29, 0.717) is 19.3 Å². The van der Waals surface area contributed by atoms with Crippen molar-refractivity contribution in [2.75, 3.05) is 27.4 Å². The molecular weight excluding hydrogens is 300 g/mol. The molecule has 1 N–H and O–H groups in total. The number of ether oxygens (including phenoxy) is 2. The fraction of sp³-hybridized carbons (Fsp3) is 0.700. The summed E-state index contributed by atoms with van der Waals surface area (Å²) < 4.78 is 10.9. The first-order chi connectivity index (χ1) is 11.6. The van der Waals surface area contributed by atoms with Gasteiger partial charge >= 0.3 is 0 Å². The summed E-state index contributed by atoms with van der Waals surface area (Å²) in [5.74, 6) is 0.991. The van der Waals surface area contributed by atoms with Crippen LogP contribution in [0, 0.1) is 13.8 Å². The van der Waals surface area contributed by atoms with Crippen molar-refractivity contribution in [3.63, 3.8) is 0 Å². The van der Waals surface area contributed by atoms with Gasteiger partial charge in [0.15, 0.2) is 0 Å². The summed E-state index contributed by atoms with van der Waals surface area (Å²) in [5.41, 5.74) is 4.09. The van der Waals surface area contributed by atoms with Gasteiger partial charge in [-0.15, -0.1) is 0 Å². The molecule has 2 aliphatic heterocycles. The summed E-state index contributed by atoms with van der Waals surface area (Å²) in [6.45, 7) is 6.72. The van der Waals surface area contributed by atoms with E-state index in [2.05, 4.69) is 43.2 Å². The summed E-state index contributed by atoms with van der Waals surface area (Å²) in [4.78, 5) is 2.75. The molecule has 2 unspecified atom stereocenters. The van der Waals surface area contributed by atoms with Gasteiger partial charge < -0.3 is 14.8 Å². The third-order valence-electron chi connectivity index (χ3n) is 6.04. The lowest BCUT2D eigenvalue weighted by molar-refractivity contribution is 0.111. The molecule has 24 heavy (non-hydrogen) atoms. The summed E-state index contributed by atoms with van der Waals surface area (Å²) in [5, 5.41) is 3.49. The molecule has 0 radical (unpaired) electrons. The average molecular weight is 332 g/mol. The number of benzene rings is 1. The molecule has 3 rings (SSSR count). The molecule has 2 bridgehead atoms. The number of fused-ring (bicyclic) bond motifs is 2. The highest BCUT2D eigenvalue weighted by molar-refractivity contribution is 5.43. The third kappa shape index (κ3) is 3.61. The van der Waals surface area contributed by atoms with Gasteiger partial charge in [0.1, 0.15) is 12.4 Å².